The number of hydrogen-bond acceptors (Lipinski definition) is 2. The molecule has 0 bridgehead atoms. The van der Waals surface area contributed by atoms with E-state index in [0.29, 0.717) is 5.92 Å². The van der Waals surface area contributed by atoms with Gasteiger partial charge in [-0.15, -0.1) is 0 Å². The number of ether oxygens (including phenoxy) is 1. The SMILES string of the molecule is CC(CNCc1cc(Br)cc2c1OCC2)c1ccccc1. The molecule has 1 N–H and O–H groups in total. The van der Waals surface area contributed by atoms with Crippen LogP contribution in [0.2, 0.25) is 0 Å². The second kappa shape index (κ2) is 6.63. The molecular formula is C18H20BrNO. The zero-order valence-corrected chi connectivity index (χ0v) is 13.8. The first-order chi connectivity index (χ1) is 10.2. The molecule has 2 aromatic rings. The molecule has 0 spiro atoms. The molecule has 1 aliphatic heterocycles. The third kappa shape index (κ3) is 3.47. The summed E-state index contributed by atoms with van der Waals surface area (Å²) in [6, 6.07) is 15.0. The maximum Gasteiger partial charge on any atom is 0.127 e. The lowest BCUT2D eigenvalue weighted by atomic mass is 10.0. The van der Waals surface area contributed by atoms with Crippen LogP contribution in [0.1, 0.15) is 29.5 Å². The van der Waals surface area contributed by atoms with Crippen molar-refractivity contribution in [2.24, 2.45) is 0 Å². The summed E-state index contributed by atoms with van der Waals surface area (Å²) in [5.41, 5.74) is 3.94. The van der Waals surface area contributed by atoms with Crippen LogP contribution in [0.15, 0.2) is 46.9 Å². The number of nitrogens with one attached hydrogen (secondary N) is 1. The van der Waals surface area contributed by atoms with E-state index in [1.54, 1.807) is 0 Å². The van der Waals surface area contributed by atoms with Crippen molar-refractivity contribution in [1.82, 2.24) is 5.32 Å². The Bertz CT molecular complexity index is 612. The lowest BCUT2D eigenvalue weighted by Gasteiger charge is -2.14. The summed E-state index contributed by atoms with van der Waals surface area (Å²) in [4.78, 5) is 0. The Hall–Kier alpha value is -1.32. The quantitative estimate of drug-likeness (QED) is 0.873. The fourth-order valence-corrected chi connectivity index (χ4v) is 3.35. The van der Waals surface area contributed by atoms with Gasteiger partial charge < -0.3 is 10.1 Å². The second-order valence-electron chi connectivity index (χ2n) is 5.59. The molecule has 3 rings (SSSR count). The first-order valence-corrected chi connectivity index (χ1v) is 8.23. The van der Waals surface area contributed by atoms with E-state index in [1.807, 2.05) is 0 Å². The molecule has 2 aromatic carbocycles. The average molecular weight is 346 g/mol. The van der Waals surface area contributed by atoms with Gasteiger partial charge in [-0.2, -0.15) is 0 Å². The third-order valence-electron chi connectivity index (χ3n) is 3.96. The molecule has 0 radical (unpaired) electrons. The van der Waals surface area contributed by atoms with E-state index >= 15 is 0 Å². The summed E-state index contributed by atoms with van der Waals surface area (Å²) < 4.78 is 6.90. The molecule has 110 valence electrons. The van der Waals surface area contributed by atoms with Crippen LogP contribution in [-0.2, 0) is 13.0 Å². The van der Waals surface area contributed by atoms with Crippen LogP contribution in [0.3, 0.4) is 0 Å². The number of fused-ring (bicyclic) bond motifs is 1. The fraction of sp³-hybridized carbons (Fsp3) is 0.333. The highest BCUT2D eigenvalue weighted by atomic mass is 79.9. The summed E-state index contributed by atoms with van der Waals surface area (Å²) in [6.07, 6.45) is 1.02. The van der Waals surface area contributed by atoms with E-state index < -0.39 is 0 Å². The smallest absolute Gasteiger partial charge is 0.127 e. The Morgan fingerprint density at radius 3 is 2.86 bits per heavy atom. The first kappa shape index (κ1) is 14.6. The molecular weight excluding hydrogens is 326 g/mol. The number of rotatable bonds is 5. The number of halogens is 1. The molecule has 2 nitrogen and oxygen atoms in total. The third-order valence-corrected chi connectivity index (χ3v) is 4.42. The van der Waals surface area contributed by atoms with Crippen LogP contribution in [0, 0.1) is 0 Å². The van der Waals surface area contributed by atoms with Gasteiger partial charge in [-0.1, -0.05) is 53.2 Å². The molecule has 0 saturated heterocycles. The lowest BCUT2D eigenvalue weighted by molar-refractivity contribution is 0.352. The topological polar surface area (TPSA) is 21.3 Å². The minimum atomic E-state index is 0.507. The summed E-state index contributed by atoms with van der Waals surface area (Å²) >= 11 is 3.59. The van der Waals surface area contributed by atoms with Crippen LogP contribution in [0.4, 0.5) is 0 Å². The first-order valence-electron chi connectivity index (χ1n) is 7.44. The summed E-state index contributed by atoms with van der Waals surface area (Å²) in [5, 5.41) is 3.56. The molecule has 1 atom stereocenters. The van der Waals surface area contributed by atoms with Crippen LogP contribution in [-0.4, -0.2) is 13.2 Å². The normalized spacial score (nSPS) is 14.6. The van der Waals surface area contributed by atoms with Gasteiger partial charge in [0, 0.05) is 29.5 Å². The monoisotopic (exact) mass is 345 g/mol. The summed E-state index contributed by atoms with van der Waals surface area (Å²) in [5.74, 6) is 1.59. The summed E-state index contributed by atoms with van der Waals surface area (Å²) in [7, 11) is 0. The van der Waals surface area contributed by atoms with Gasteiger partial charge in [0.1, 0.15) is 5.75 Å². The van der Waals surface area contributed by atoms with E-state index in [1.165, 1.54) is 16.7 Å². The van der Waals surface area contributed by atoms with Crippen LogP contribution >= 0.6 is 15.9 Å². The largest absolute Gasteiger partial charge is 0.493 e. The Kier molecular flexibility index (Phi) is 4.61. The molecule has 1 unspecified atom stereocenters. The molecule has 1 heterocycles. The Morgan fingerprint density at radius 1 is 1.24 bits per heavy atom. The van der Waals surface area contributed by atoms with Crippen LogP contribution < -0.4 is 10.1 Å². The minimum absolute atomic E-state index is 0.507. The maximum absolute atomic E-state index is 5.77. The Balaban J connectivity index is 1.61. The number of benzene rings is 2. The van der Waals surface area contributed by atoms with Crippen molar-refractivity contribution in [1.29, 1.82) is 0 Å². The van der Waals surface area contributed by atoms with E-state index in [9.17, 15) is 0 Å². The number of hydrogen-bond donors (Lipinski definition) is 1. The highest BCUT2D eigenvalue weighted by molar-refractivity contribution is 9.10. The molecule has 1 aliphatic rings. The second-order valence-corrected chi connectivity index (χ2v) is 6.51. The van der Waals surface area contributed by atoms with Gasteiger partial charge in [0.15, 0.2) is 0 Å². The van der Waals surface area contributed by atoms with Gasteiger partial charge >= 0.3 is 0 Å². The van der Waals surface area contributed by atoms with Crippen molar-refractivity contribution in [3.8, 4) is 5.75 Å². The maximum atomic E-state index is 5.77. The van der Waals surface area contributed by atoms with Crippen molar-refractivity contribution in [3.05, 3.63) is 63.6 Å². The van der Waals surface area contributed by atoms with E-state index in [4.69, 9.17) is 4.74 Å². The van der Waals surface area contributed by atoms with Crippen molar-refractivity contribution in [2.45, 2.75) is 25.8 Å². The molecule has 0 aliphatic carbocycles. The Labute approximate surface area is 134 Å². The fourth-order valence-electron chi connectivity index (χ4n) is 2.80. The minimum Gasteiger partial charge on any atom is -0.493 e. The van der Waals surface area contributed by atoms with E-state index in [-0.39, 0.29) is 0 Å². The van der Waals surface area contributed by atoms with E-state index in [2.05, 4.69) is 70.6 Å². The van der Waals surface area contributed by atoms with Crippen molar-refractivity contribution >= 4 is 15.9 Å². The van der Waals surface area contributed by atoms with E-state index in [0.717, 1.165) is 36.3 Å². The van der Waals surface area contributed by atoms with Crippen molar-refractivity contribution in [3.63, 3.8) is 0 Å². The van der Waals surface area contributed by atoms with Crippen molar-refractivity contribution < 1.29 is 4.74 Å². The Morgan fingerprint density at radius 2 is 2.05 bits per heavy atom. The predicted octanol–water partition coefficient (Wildman–Crippen LogP) is 4.28. The zero-order valence-electron chi connectivity index (χ0n) is 12.2. The molecule has 3 heteroatoms. The van der Waals surface area contributed by atoms with Gasteiger partial charge in [0.2, 0.25) is 0 Å². The molecule has 21 heavy (non-hydrogen) atoms. The predicted molar refractivity (Wildman–Crippen MR) is 89.9 cm³/mol. The zero-order chi connectivity index (χ0) is 14.7. The van der Waals surface area contributed by atoms with Crippen LogP contribution in [0.25, 0.3) is 0 Å². The van der Waals surface area contributed by atoms with Gasteiger partial charge in [-0.25, -0.2) is 0 Å². The molecule has 0 fully saturated rings. The van der Waals surface area contributed by atoms with Gasteiger partial charge in [-0.05, 0) is 29.2 Å². The molecule has 0 aromatic heterocycles. The van der Waals surface area contributed by atoms with Gasteiger partial charge in [-0.3, -0.25) is 0 Å². The molecule has 0 saturated carbocycles. The highest BCUT2D eigenvalue weighted by Gasteiger charge is 2.17. The standard InChI is InChI=1S/C18H20BrNO/c1-13(14-5-3-2-4-6-14)11-20-12-16-10-17(19)9-15-7-8-21-18(15)16/h2-6,9-10,13,20H,7-8,11-12H2,1H3. The average Bonchev–Trinajstić information content (AvgIpc) is 2.96. The van der Waals surface area contributed by atoms with Crippen molar-refractivity contribution in [2.75, 3.05) is 13.2 Å². The van der Waals surface area contributed by atoms with Gasteiger partial charge in [0.05, 0.1) is 6.61 Å². The van der Waals surface area contributed by atoms with Gasteiger partial charge in [0.25, 0.3) is 0 Å². The van der Waals surface area contributed by atoms with Crippen LogP contribution in [0.5, 0.6) is 5.75 Å². The summed E-state index contributed by atoms with van der Waals surface area (Å²) in [6.45, 7) is 4.87. The lowest BCUT2D eigenvalue weighted by Crippen LogP contribution is -2.20. The molecule has 0 amide bonds. The highest BCUT2D eigenvalue weighted by Crippen LogP contribution is 2.32.